The Morgan fingerprint density at radius 3 is 2.11 bits per heavy atom. The Hall–Kier alpha value is -0.440. The quantitative estimate of drug-likeness (QED) is 0.562. The van der Waals surface area contributed by atoms with Crippen molar-refractivity contribution in [1.29, 1.82) is 0 Å². The minimum absolute atomic E-state index is 0.321. The van der Waals surface area contributed by atoms with Gasteiger partial charge in [-0.3, -0.25) is 0 Å². The second-order valence-electron chi connectivity index (χ2n) is 4.07. The number of hydrogen-bond donors (Lipinski definition) is 1. The van der Waals surface area contributed by atoms with E-state index in [4.69, 9.17) is 46.4 Å². The van der Waals surface area contributed by atoms with Crippen molar-refractivity contribution < 1.29 is 0 Å². The van der Waals surface area contributed by atoms with Crippen LogP contribution in [0.15, 0.2) is 30.3 Å². The zero-order valence-electron chi connectivity index (χ0n) is 10.1. The number of hydrogen-bond acceptors (Lipinski definition) is 1. The average molecular weight is 335 g/mol. The van der Waals surface area contributed by atoms with Crippen molar-refractivity contribution in [3.63, 3.8) is 0 Å². The van der Waals surface area contributed by atoms with E-state index in [1.807, 2.05) is 31.3 Å². The van der Waals surface area contributed by atoms with E-state index < -0.39 is 0 Å². The maximum Gasteiger partial charge on any atom is 0.0785 e. The number of benzene rings is 2. The molecule has 1 nitrogen and oxygen atoms in total. The van der Waals surface area contributed by atoms with E-state index in [0.717, 1.165) is 12.1 Å². The van der Waals surface area contributed by atoms with Crippen molar-refractivity contribution in [2.45, 2.75) is 6.54 Å². The van der Waals surface area contributed by atoms with Crippen LogP contribution in [-0.2, 0) is 6.54 Å². The Morgan fingerprint density at radius 1 is 0.895 bits per heavy atom. The molecule has 0 aliphatic heterocycles. The van der Waals surface area contributed by atoms with Gasteiger partial charge >= 0.3 is 0 Å². The highest BCUT2D eigenvalue weighted by atomic mass is 35.5. The van der Waals surface area contributed by atoms with Gasteiger partial charge in [-0.15, -0.1) is 0 Å². The fourth-order valence-electron chi connectivity index (χ4n) is 1.82. The van der Waals surface area contributed by atoms with Crippen molar-refractivity contribution in [3.8, 4) is 11.1 Å². The minimum Gasteiger partial charge on any atom is -0.316 e. The normalized spacial score (nSPS) is 10.8. The summed E-state index contributed by atoms with van der Waals surface area (Å²) < 4.78 is 0. The number of nitrogens with one attached hydrogen (secondary N) is 1. The molecule has 2 rings (SSSR count). The van der Waals surface area contributed by atoms with E-state index in [2.05, 4.69) is 5.32 Å². The Labute approximate surface area is 132 Å². The number of rotatable bonds is 3. The molecular weight excluding hydrogens is 324 g/mol. The zero-order chi connectivity index (χ0) is 14.0. The molecule has 0 heterocycles. The van der Waals surface area contributed by atoms with Crippen LogP contribution in [0.4, 0.5) is 0 Å². The maximum absolute atomic E-state index is 6.23. The predicted octanol–water partition coefficient (Wildman–Crippen LogP) is 5.69. The van der Waals surface area contributed by atoms with Crippen LogP contribution in [0.2, 0.25) is 20.1 Å². The molecule has 0 spiro atoms. The highest BCUT2D eigenvalue weighted by Crippen LogP contribution is 2.42. The highest BCUT2D eigenvalue weighted by Gasteiger charge is 2.15. The molecule has 5 heteroatoms. The molecule has 0 aliphatic carbocycles. The lowest BCUT2D eigenvalue weighted by molar-refractivity contribution is 0.818. The average Bonchev–Trinajstić information content (AvgIpc) is 2.38. The van der Waals surface area contributed by atoms with E-state index in [1.165, 1.54) is 5.56 Å². The standard InChI is InChI=1S/C14H11Cl4N/c1-19-7-8-2-4-9(5-3-8)12-10(15)6-11(16)13(17)14(12)18/h2-6,19H,7H2,1H3. The molecule has 0 fully saturated rings. The first-order valence-corrected chi connectivity index (χ1v) is 7.12. The lowest BCUT2D eigenvalue weighted by atomic mass is 10.0. The second-order valence-corrected chi connectivity index (χ2v) is 5.64. The largest absolute Gasteiger partial charge is 0.316 e. The van der Waals surface area contributed by atoms with Gasteiger partial charge in [-0.2, -0.15) is 0 Å². The minimum atomic E-state index is 0.321. The monoisotopic (exact) mass is 333 g/mol. The second kappa shape index (κ2) is 6.34. The van der Waals surface area contributed by atoms with Crippen LogP contribution in [0.1, 0.15) is 5.56 Å². The van der Waals surface area contributed by atoms with Crippen LogP contribution >= 0.6 is 46.4 Å². The van der Waals surface area contributed by atoms with Crippen LogP contribution in [0.25, 0.3) is 11.1 Å². The number of halogens is 4. The molecule has 0 aromatic heterocycles. The molecular formula is C14H11Cl4N. The molecule has 0 aliphatic rings. The van der Waals surface area contributed by atoms with Crippen LogP contribution in [0.3, 0.4) is 0 Å². The first-order valence-electron chi connectivity index (χ1n) is 5.61. The van der Waals surface area contributed by atoms with Crippen molar-refractivity contribution in [2.75, 3.05) is 7.05 Å². The molecule has 100 valence electrons. The lowest BCUT2D eigenvalue weighted by Gasteiger charge is -2.11. The lowest BCUT2D eigenvalue weighted by Crippen LogP contribution is -2.04. The Bertz CT molecular complexity index is 593. The third-order valence-corrected chi connectivity index (χ3v) is 4.30. The predicted molar refractivity (Wildman–Crippen MR) is 84.7 cm³/mol. The molecule has 0 saturated heterocycles. The van der Waals surface area contributed by atoms with Crippen LogP contribution < -0.4 is 5.32 Å². The summed E-state index contributed by atoms with van der Waals surface area (Å²) >= 11 is 24.4. The van der Waals surface area contributed by atoms with Gasteiger partial charge < -0.3 is 5.32 Å². The third-order valence-electron chi connectivity index (χ3n) is 2.74. The highest BCUT2D eigenvalue weighted by molar-refractivity contribution is 6.51. The van der Waals surface area contributed by atoms with Gasteiger partial charge in [0.15, 0.2) is 0 Å². The molecule has 0 radical (unpaired) electrons. The smallest absolute Gasteiger partial charge is 0.0785 e. The van der Waals surface area contributed by atoms with E-state index >= 15 is 0 Å². The fraction of sp³-hybridized carbons (Fsp3) is 0.143. The van der Waals surface area contributed by atoms with E-state index in [1.54, 1.807) is 6.07 Å². The topological polar surface area (TPSA) is 12.0 Å². The molecule has 0 bridgehead atoms. The maximum atomic E-state index is 6.23. The van der Waals surface area contributed by atoms with Crippen LogP contribution in [0.5, 0.6) is 0 Å². The summed E-state index contributed by atoms with van der Waals surface area (Å²) in [6.45, 7) is 0.809. The first-order chi connectivity index (χ1) is 9.04. The Balaban J connectivity index is 2.50. The van der Waals surface area contributed by atoms with Crippen LogP contribution in [0, 0.1) is 0 Å². The SMILES string of the molecule is CNCc1ccc(-c2c(Cl)cc(Cl)c(Cl)c2Cl)cc1. The molecule has 0 atom stereocenters. The molecule has 19 heavy (non-hydrogen) atoms. The van der Waals surface area contributed by atoms with Gasteiger partial charge in [-0.1, -0.05) is 70.7 Å². The molecule has 1 N–H and O–H groups in total. The van der Waals surface area contributed by atoms with E-state index in [9.17, 15) is 0 Å². The molecule has 2 aromatic carbocycles. The van der Waals surface area contributed by atoms with Crippen molar-refractivity contribution in [1.82, 2.24) is 5.32 Å². The van der Waals surface area contributed by atoms with Crippen molar-refractivity contribution >= 4 is 46.4 Å². The summed E-state index contributed by atoms with van der Waals surface area (Å²) in [6.07, 6.45) is 0. The summed E-state index contributed by atoms with van der Waals surface area (Å²) in [5.41, 5.74) is 2.79. The van der Waals surface area contributed by atoms with Crippen LogP contribution in [-0.4, -0.2) is 7.05 Å². The first kappa shape index (κ1) is 15.0. The summed E-state index contributed by atoms with van der Waals surface area (Å²) in [5, 5.41) is 4.63. The van der Waals surface area contributed by atoms with Gasteiger partial charge in [0.05, 0.1) is 20.1 Å². The van der Waals surface area contributed by atoms with Gasteiger partial charge in [0.1, 0.15) is 0 Å². The Morgan fingerprint density at radius 2 is 1.53 bits per heavy atom. The van der Waals surface area contributed by atoms with Gasteiger partial charge in [0.25, 0.3) is 0 Å². The van der Waals surface area contributed by atoms with Crippen molar-refractivity contribution in [3.05, 3.63) is 56.0 Å². The summed E-state index contributed by atoms with van der Waals surface area (Å²) in [5.74, 6) is 0. The van der Waals surface area contributed by atoms with Gasteiger partial charge in [-0.05, 0) is 24.2 Å². The fourth-order valence-corrected chi connectivity index (χ4v) is 2.95. The third kappa shape index (κ3) is 3.18. The zero-order valence-corrected chi connectivity index (χ0v) is 13.1. The van der Waals surface area contributed by atoms with Gasteiger partial charge in [-0.25, -0.2) is 0 Å². The summed E-state index contributed by atoms with van der Waals surface area (Å²) in [6, 6.07) is 9.56. The molecule has 2 aromatic rings. The van der Waals surface area contributed by atoms with Gasteiger partial charge in [0.2, 0.25) is 0 Å². The van der Waals surface area contributed by atoms with Gasteiger partial charge in [0, 0.05) is 12.1 Å². The summed E-state index contributed by atoms with van der Waals surface area (Å²) in [7, 11) is 1.90. The van der Waals surface area contributed by atoms with E-state index in [0.29, 0.717) is 25.7 Å². The molecule has 0 amide bonds. The summed E-state index contributed by atoms with van der Waals surface area (Å²) in [4.78, 5) is 0. The van der Waals surface area contributed by atoms with E-state index in [-0.39, 0.29) is 0 Å². The molecule has 0 saturated carbocycles. The Kier molecular flexibility index (Phi) is 4.99. The molecule has 0 unspecified atom stereocenters. The van der Waals surface area contributed by atoms with Crippen molar-refractivity contribution in [2.24, 2.45) is 0 Å².